The third-order valence-electron chi connectivity index (χ3n) is 3.09. The number of nitrogens with zero attached hydrogens (tertiary/aromatic N) is 2. The van der Waals surface area contributed by atoms with E-state index >= 15 is 0 Å². The predicted octanol–water partition coefficient (Wildman–Crippen LogP) is 2.64. The molecule has 0 saturated heterocycles. The Hall–Kier alpha value is -1.83. The quantitative estimate of drug-likeness (QED) is 0.757. The number of anilines is 1. The molecule has 1 aliphatic rings. The molecule has 0 bridgehead atoms. The molecule has 1 aliphatic heterocycles. The van der Waals surface area contributed by atoms with Crippen molar-refractivity contribution in [2.45, 2.75) is 13.0 Å². The number of pyridine rings is 1. The number of hydrogen-bond acceptors (Lipinski definition) is 2. The number of hydrogen-bond donors (Lipinski definition) is 0. The van der Waals surface area contributed by atoms with Crippen LogP contribution in [0.3, 0.4) is 0 Å². The standard InChI is InChI=1S/C14H14N2/c1-2-4-12(5-3-1)11-16-9-7-13-10-15-8-6-14(13)16/h1-6,8,10H,7,9,11H2. The molecule has 1 aromatic carbocycles. The van der Waals surface area contributed by atoms with Gasteiger partial charge in [0.1, 0.15) is 0 Å². The molecule has 0 unspecified atom stereocenters. The van der Waals surface area contributed by atoms with Gasteiger partial charge in [0, 0.05) is 31.2 Å². The molecule has 16 heavy (non-hydrogen) atoms. The summed E-state index contributed by atoms with van der Waals surface area (Å²) >= 11 is 0. The van der Waals surface area contributed by atoms with E-state index in [1.807, 2.05) is 12.4 Å². The van der Waals surface area contributed by atoms with Crippen molar-refractivity contribution in [1.29, 1.82) is 0 Å². The van der Waals surface area contributed by atoms with Crippen LogP contribution in [0.2, 0.25) is 0 Å². The molecule has 3 rings (SSSR count). The van der Waals surface area contributed by atoms with Crippen LogP contribution >= 0.6 is 0 Å². The minimum Gasteiger partial charge on any atom is -0.367 e. The second-order valence-corrected chi connectivity index (χ2v) is 4.16. The van der Waals surface area contributed by atoms with Crippen molar-refractivity contribution in [3.8, 4) is 0 Å². The zero-order valence-electron chi connectivity index (χ0n) is 9.13. The topological polar surface area (TPSA) is 16.1 Å². The van der Waals surface area contributed by atoms with E-state index in [0.717, 1.165) is 19.5 Å². The van der Waals surface area contributed by atoms with Crippen LogP contribution in [0, 0.1) is 0 Å². The maximum Gasteiger partial charge on any atom is 0.0433 e. The Morgan fingerprint density at radius 2 is 2.00 bits per heavy atom. The average Bonchev–Trinajstić information content (AvgIpc) is 2.74. The van der Waals surface area contributed by atoms with Crippen LogP contribution < -0.4 is 4.90 Å². The van der Waals surface area contributed by atoms with Gasteiger partial charge in [-0.25, -0.2) is 0 Å². The summed E-state index contributed by atoms with van der Waals surface area (Å²) in [5.74, 6) is 0. The number of aromatic nitrogens is 1. The van der Waals surface area contributed by atoms with Crippen molar-refractivity contribution in [1.82, 2.24) is 4.98 Å². The van der Waals surface area contributed by atoms with Crippen molar-refractivity contribution >= 4 is 5.69 Å². The van der Waals surface area contributed by atoms with Crippen LogP contribution in [0.25, 0.3) is 0 Å². The van der Waals surface area contributed by atoms with Crippen molar-refractivity contribution in [3.05, 3.63) is 59.9 Å². The Morgan fingerprint density at radius 1 is 1.12 bits per heavy atom. The molecule has 2 aromatic rings. The van der Waals surface area contributed by atoms with Gasteiger partial charge in [0.05, 0.1) is 0 Å². The average molecular weight is 210 g/mol. The first-order chi connectivity index (χ1) is 7.93. The van der Waals surface area contributed by atoms with Gasteiger partial charge in [-0.15, -0.1) is 0 Å². The molecule has 80 valence electrons. The van der Waals surface area contributed by atoms with Crippen LogP contribution in [-0.2, 0) is 13.0 Å². The van der Waals surface area contributed by atoms with E-state index in [9.17, 15) is 0 Å². The molecule has 0 atom stereocenters. The molecule has 0 amide bonds. The second kappa shape index (κ2) is 3.97. The summed E-state index contributed by atoms with van der Waals surface area (Å²) < 4.78 is 0. The fourth-order valence-corrected chi connectivity index (χ4v) is 2.26. The van der Waals surface area contributed by atoms with E-state index in [1.165, 1.54) is 16.8 Å². The number of fused-ring (bicyclic) bond motifs is 1. The molecule has 0 aliphatic carbocycles. The highest BCUT2D eigenvalue weighted by Crippen LogP contribution is 2.27. The van der Waals surface area contributed by atoms with Crippen molar-refractivity contribution in [3.63, 3.8) is 0 Å². The Labute approximate surface area is 95.6 Å². The summed E-state index contributed by atoms with van der Waals surface area (Å²) in [6.07, 6.45) is 4.98. The van der Waals surface area contributed by atoms with Gasteiger partial charge in [-0.2, -0.15) is 0 Å². The Balaban J connectivity index is 1.84. The molecular formula is C14H14N2. The molecule has 0 spiro atoms. The summed E-state index contributed by atoms with van der Waals surface area (Å²) in [5, 5.41) is 0. The van der Waals surface area contributed by atoms with Crippen LogP contribution in [0.4, 0.5) is 5.69 Å². The van der Waals surface area contributed by atoms with Crippen LogP contribution in [0.5, 0.6) is 0 Å². The van der Waals surface area contributed by atoms with E-state index < -0.39 is 0 Å². The molecule has 2 heterocycles. The molecule has 0 saturated carbocycles. The summed E-state index contributed by atoms with van der Waals surface area (Å²) in [6, 6.07) is 12.7. The highest BCUT2D eigenvalue weighted by Gasteiger charge is 2.18. The molecule has 2 nitrogen and oxygen atoms in total. The third-order valence-corrected chi connectivity index (χ3v) is 3.09. The number of rotatable bonds is 2. The van der Waals surface area contributed by atoms with Gasteiger partial charge in [-0.3, -0.25) is 4.98 Å². The van der Waals surface area contributed by atoms with E-state index in [4.69, 9.17) is 0 Å². The Bertz CT molecular complexity index is 479. The molecular weight excluding hydrogens is 196 g/mol. The smallest absolute Gasteiger partial charge is 0.0433 e. The van der Waals surface area contributed by atoms with E-state index in [0.29, 0.717) is 0 Å². The Morgan fingerprint density at radius 3 is 2.88 bits per heavy atom. The summed E-state index contributed by atoms with van der Waals surface area (Å²) in [4.78, 5) is 6.59. The van der Waals surface area contributed by atoms with E-state index in [-0.39, 0.29) is 0 Å². The van der Waals surface area contributed by atoms with Gasteiger partial charge in [-0.05, 0) is 23.6 Å². The van der Waals surface area contributed by atoms with E-state index in [2.05, 4.69) is 46.3 Å². The minimum absolute atomic E-state index is 0.998. The van der Waals surface area contributed by atoms with Gasteiger partial charge in [0.2, 0.25) is 0 Å². The highest BCUT2D eigenvalue weighted by molar-refractivity contribution is 5.56. The summed E-state index contributed by atoms with van der Waals surface area (Å²) in [7, 11) is 0. The zero-order chi connectivity index (χ0) is 10.8. The van der Waals surface area contributed by atoms with Gasteiger partial charge >= 0.3 is 0 Å². The lowest BCUT2D eigenvalue weighted by Crippen LogP contribution is -2.19. The van der Waals surface area contributed by atoms with Gasteiger partial charge in [0.15, 0.2) is 0 Å². The van der Waals surface area contributed by atoms with Crippen molar-refractivity contribution in [2.75, 3.05) is 11.4 Å². The summed E-state index contributed by atoms with van der Waals surface area (Å²) in [6.45, 7) is 2.10. The van der Waals surface area contributed by atoms with Crippen LogP contribution in [-0.4, -0.2) is 11.5 Å². The largest absolute Gasteiger partial charge is 0.367 e. The molecule has 0 fully saturated rings. The maximum absolute atomic E-state index is 4.17. The number of benzene rings is 1. The summed E-state index contributed by atoms with van der Waals surface area (Å²) in [5.41, 5.74) is 4.09. The lowest BCUT2D eigenvalue weighted by atomic mass is 10.2. The molecule has 0 radical (unpaired) electrons. The fraction of sp³-hybridized carbons (Fsp3) is 0.214. The third kappa shape index (κ3) is 1.67. The molecule has 0 N–H and O–H groups in total. The van der Waals surface area contributed by atoms with Crippen molar-refractivity contribution < 1.29 is 0 Å². The first-order valence-electron chi connectivity index (χ1n) is 5.65. The highest BCUT2D eigenvalue weighted by atomic mass is 15.1. The monoisotopic (exact) mass is 210 g/mol. The zero-order valence-corrected chi connectivity index (χ0v) is 9.13. The lowest BCUT2D eigenvalue weighted by Gasteiger charge is -2.19. The van der Waals surface area contributed by atoms with Crippen molar-refractivity contribution in [2.24, 2.45) is 0 Å². The van der Waals surface area contributed by atoms with Crippen LogP contribution in [0.15, 0.2) is 48.8 Å². The molecule has 2 heteroatoms. The fourth-order valence-electron chi connectivity index (χ4n) is 2.26. The maximum atomic E-state index is 4.17. The van der Waals surface area contributed by atoms with Gasteiger partial charge in [0.25, 0.3) is 0 Å². The van der Waals surface area contributed by atoms with E-state index in [1.54, 1.807) is 0 Å². The van der Waals surface area contributed by atoms with Gasteiger partial charge < -0.3 is 4.90 Å². The first-order valence-corrected chi connectivity index (χ1v) is 5.65. The predicted molar refractivity (Wildman–Crippen MR) is 65.4 cm³/mol. The second-order valence-electron chi connectivity index (χ2n) is 4.16. The minimum atomic E-state index is 0.998. The van der Waals surface area contributed by atoms with Gasteiger partial charge in [-0.1, -0.05) is 30.3 Å². The normalized spacial score (nSPS) is 13.9. The van der Waals surface area contributed by atoms with Crippen LogP contribution in [0.1, 0.15) is 11.1 Å². The molecule has 1 aromatic heterocycles. The Kier molecular flexibility index (Phi) is 2.33. The SMILES string of the molecule is c1ccc(CN2CCc3cnccc32)cc1. The lowest BCUT2D eigenvalue weighted by molar-refractivity contribution is 0.836. The first kappa shape index (κ1) is 9.40.